The molecule has 0 bridgehead atoms. The molecule has 1 aromatic rings. The number of amides is 2. The predicted octanol–water partition coefficient (Wildman–Crippen LogP) is 1.93. The van der Waals surface area contributed by atoms with Crippen LogP contribution in [0.15, 0.2) is 24.3 Å². The van der Waals surface area contributed by atoms with Gasteiger partial charge in [0.05, 0.1) is 0 Å². The molecular formula is C20H29N3O4S. The van der Waals surface area contributed by atoms with Crippen molar-refractivity contribution in [1.82, 2.24) is 10.0 Å². The van der Waals surface area contributed by atoms with Crippen LogP contribution in [-0.4, -0.2) is 38.6 Å². The smallest absolute Gasteiger partial charge is 0.236 e. The van der Waals surface area contributed by atoms with E-state index in [2.05, 4.69) is 17.0 Å². The molecule has 1 aliphatic carbocycles. The number of anilines is 1. The molecule has 2 fully saturated rings. The highest BCUT2D eigenvalue weighted by Gasteiger charge is 2.25. The van der Waals surface area contributed by atoms with E-state index < -0.39 is 21.7 Å². The van der Waals surface area contributed by atoms with Crippen LogP contribution >= 0.6 is 0 Å². The lowest BCUT2D eigenvalue weighted by Gasteiger charge is -2.26. The maximum Gasteiger partial charge on any atom is 0.236 e. The maximum atomic E-state index is 12.2. The Bertz CT molecular complexity index is 799. The van der Waals surface area contributed by atoms with E-state index >= 15 is 0 Å². The number of rotatable bonds is 7. The molecule has 28 heavy (non-hydrogen) atoms. The van der Waals surface area contributed by atoms with Crippen LogP contribution in [0.4, 0.5) is 5.69 Å². The van der Waals surface area contributed by atoms with Gasteiger partial charge in [-0.1, -0.05) is 19.1 Å². The topological polar surface area (TPSA) is 95.6 Å². The third-order valence-corrected chi connectivity index (χ3v) is 6.83. The number of benzene rings is 1. The molecule has 8 heteroatoms. The molecule has 154 valence electrons. The van der Waals surface area contributed by atoms with E-state index in [1.54, 1.807) is 4.90 Å². The summed E-state index contributed by atoms with van der Waals surface area (Å²) in [6, 6.07) is 7.34. The molecule has 2 amide bonds. The molecule has 1 heterocycles. The highest BCUT2D eigenvalue weighted by Crippen LogP contribution is 2.24. The number of nitrogens with zero attached hydrogens (tertiary/aromatic N) is 1. The van der Waals surface area contributed by atoms with Crippen LogP contribution in [0, 0.1) is 5.92 Å². The minimum Gasteiger partial charge on any atom is -0.351 e. The van der Waals surface area contributed by atoms with Crippen molar-refractivity contribution in [1.29, 1.82) is 0 Å². The van der Waals surface area contributed by atoms with Crippen LogP contribution < -0.4 is 14.9 Å². The molecule has 0 radical (unpaired) electrons. The Hall–Kier alpha value is -1.93. The van der Waals surface area contributed by atoms with Gasteiger partial charge in [-0.05, 0) is 55.7 Å². The first-order chi connectivity index (χ1) is 13.3. The Morgan fingerprint density at radius 3 is 2.43 bits per heavy atom. The molecule has 1 saturated carbocycles. The van der Waals surface area contributed by atoms with E-state index in [4.69, 9.17) is 0 Å². The van der Waals surface area contributed by atoms with Crippen LogP contribution in [0.1, 0.15) is 51.0 Å². The fourth-order valence-corrected chi connectivity index (χ4v) is 5.09. The minimum atomic E-state index is -3.63. The molecule has 2 aliphatic rings. The molecule has 1 aliphatic heterocycles. The summed E-state index contributed by atoms with van der Waals surface area (Å²) in [4.78, 5) is 25.6. The van der Waals surface area contributed by atoms with Crippen molar-refractivity contribution >= 4 is 27.5 Å². The van der Waals surface area contributed by atoms with E-state index in [-0.39, 0.29) is 18.5 Å². The predicted molar refractivity (Wildman–Crippen MR) is 108 cm³/mol. The molecule has 0 spiro atoms. The van der Waals surface area contributed by atoms with Gasteiger partial charge in [-0.3, -0.25) is 9.59 Å². The third kappa shape index (κ3) is 5.78. The SMILES string of the molecule is CC1CCC(NS(=O)(=O)CC(=O)NCc2ccc(N3CCCC3=O)cc2)CC1. The average Bonchev–Trinajstić information content (AvgIpc) is 3.08. The average molecular weight is 408 g/mol. The normalized spacial score (nSPS) is 23.0. The Balaban J connectivity index is 1.45. The van der Waals surface area contributed by atoms with Gasteiger partial charge in [-0.15, -0.1) is 0 Å². The number of nitrogens with one attached hydrogen (secondary N) is 2. The van der Waals surface area contributed by atoms with Crippen molar-refractivity contribution in [3.8, 4) is 0 Å². The van der Waals surface area contributed by atoms with Gasteiger partial charge in [0, 0.05) is 31.2 Å². The molecule has 0 atom stereocenters. The van der Waals surface area contributed by atoms with Gasteiger partial charge in [0.2, 0.25) is 21.8 Å². The molecule has 7 nitrogen and oxygen atoms in total. The summed E-state index contributed by atoms with van der Waals surface area (Å²) in [5.74, 6) is -0.305. The minimum absolute atomic E-state index is 0.0603. The zero-order chi connectivity index (χ0) is 20.1. The fraction of sp³-hybridized carbons (Fsp3) is 0.600. The van der Waals surface area contributed by atoms with Crippen molar-refractivity contribution in [2.24, 2.45) is 5.92 Å². The van der Waals surface area contributed by atoms with E-state index in [1.165, 1.54) is 0 Å². The second-order valence-corrected chi connectivity index (χ2v) is 9.68. The van der Waals surface area contributed by atoms with Crippen LogP contribution in [-0.2, 0) is 26.2 Å². The van der Waals surface area contributed by atoms with Gasteiger partial charge >= 0.3 is 0 Å². The van der Waals surface area contributed by atoms with Crippen molar-refractivity contribution in [3.05, 3.63) is 29.8 Å². The first-order valence-electron chi connectivity index (χ1n) is 9.98. The van der Waals surface area contributed by atoms with E-state index in [0.717, 1.165) is 49.9 Å². The van der Waals surface area contributed by atoms with Crippen molar-refractivity contribution in [2.45, 2.75) is 58.0 Å². The first kappa shape index (κ1) is 20.8. The number of carbonyl (C=O) groups excluding carboxylic acids is 2. The van der Waals surface area contributed by atoms with Crippen molar-refractivity contribution in [2.75, 3.05) is 17.2 Å². The maximum absolute atomic E-state index is 12.2. The van der Waals surface area contributed by atoms with Crippen LogP contribution in [0.3, 0.4) is 0 Å². The number of carbonyl (C=O) groups is 2. The second-order valence-electron chi connectivity index (χ2n) is 7.93. The lowest BCUT2D eigenvalue weighted by Crippen LogP contribution is -2.42. The Morgan fingerprint density at radius 2 is 1.82 bits per heavy atom. The Labute approximate surface area is 166 Å². The number of hydrogen-bond acceptors (Lipinski definition) is 4. The van der Waals surface area contributed by atoms with E-state index in [9.17, 15) is 18.0 Å². The summed E-state index contributed by atoms with van der Waals surface area (Å²) in [5.41, 5.74) is 1.71. The van der Waals surface area contributed by atoms with E-state index in [1.807, 2.05) is 24.3 Å². The summed E-state index contributed by atoms with van der Waals surface area (Å²) in [5, 5.41) is 2.66. The summed E-state index contributed by atoms with van der Waals surface area (Å²) >= 11 is 0. The molecule has 1 saturated heterocycles. The van der Waals surface area contributed by atoms with Gasteiger partial charge in [-0.25, -0.2) is 13.1 Å². The van der Waals surface area contributed by atoms with Gasteiger partial charge in [-0.2, -0.15) is 0 Å². The summed E-state index contributed by atoms with van der Waals surface area (Å²) in [7, 11) is -3.63. The first-order valence-corrected chi connectivity index (χ1v) is 11.6. The van der Waals surface area contributed by atoms with E-state index in [0.29, 0.717) is 12.3 Å². The third-order valence-electron chi connectivity index (χ3n) is 5.49. The van der Waals surface area contributed by atoms with Crippen LogP contribution in [0.5, 0.6) is 0 Å². The molecular weight excluding hydrogens is 378 g/mol. The summed E-state index contributed by atoms with van der Waals surface area (Å²) in [6.07, 6.45) is 5.14. The monoisotopic (exact) mass is 407 g/mol. The fourth-order valence-electron chi connectivity index (χ4n) is 3.81. The molecule has 0 aromatic heterocycles. The Morgan fingerprint density at radius 1 is 1.14 bits per heavy atom. The highest BCUT2D eigenvalue weighted by atomic mass is 32.2. The van der Waals surface area contributed by atoms with Gasteiger partial charge < -0.3 is 10.2 Å². The zero-order valence-electron chi connectivity index (χ0n) is 16.3. The Kier molecular flexibility index (Phi) is 6.72. The standard InChI is InChI=1S/C20H29N3O4S/c1-15-4-8-17(9-5-15)22-28(26,27)14-19(24)21-13-16-6-10-18(11-7-16)23-12-2-3-20(23)25/h6-7,10-11,15,17,22H,2-5,8-9,12-14H2,1H3,(H,21,24). The number of sulfonamides is 1. The molecule has 0 unspecified atom stereocenters. The highest BCUT2D eigenvalue weighted by molar-refractivity contribution is 7.90. The van der Waals surface area contributed by atoms with Gasteiger partial charge in [0.25, 0.3) is 0 Å². The van der Waals surface area contributed by atoms with Crippen LogP contribution in [0.2, 0.25) is 0 Å². The van der Waals surface area contributed by atoms with Crippen molar-refractivity contribution in [3.63, 3.8) is 0 Å². The lowest BCUT2D eigenvalue weighted by molar-refractivity contribution is -0.119. The molecule has 2 N–H and O–H groups in total. The zero-order valence-corrected chi connectivity index (χ0v) is 17.1. The number of hydrogen-bond donors (Lipinski definition) is 2. The van der Waals surface area contributed by atoms with Crippen LogP contribution in [0.25, 0.3) is 0 Å². The van der Waals surface area contributed by atoms with Gasteiger partial charge in [0.15, 0.2) is 0 Å². The quantitative estimate of drug-likeness (QED) is 0.722. The molecule has 3 rings (SSSR count). The second kappa shape index (κ2) is 9.05. The summed E-state index contributed by atoms with van der Waals surface area (Å²) < 4.78 is 27.1. The van der Waals surface area contributed by atoms with Crippen molar-refractivity contribution < 1.29 is 18.0 Å². The molecule has 1 aromatic carbocycles. The largest absolute Gasteiger partial charge is 0.351 e. The lowest BCUT2D eigenvalue weighted by atomic mass is 9.88. The van der Waals surface area contributed by atoms with Gasteiger partial charge in [0.1, 0.15) is 5.75 Å². The summed E-state index contributed by atoms with van der Waals surface area (Å²) in [6.45, 7) is 3.16.